The van der Waals surface area contributed by atoms with E-state index in [1.807, 2.05) is 76.8 Å². The first-order chi connectivity index (χ1) is 20.6. The van der Waals surface area contributed by atoms with E-state index in [1.165, 1.54) is 14.2 Å². The van der Waals surface area contributed by atoms with E-state index < -0.39 is 11.2 Å². The SMILES string of the molecule is COC(=O)c1ccc2c(c1)C1C=CC2N1C(=O)OC(C)(C)C.COC(=O)c1ccc2c(c1)C1CCC2N1C(=O)OC(C)(C)C. The minimum Gasteiger partial charge on any atom is -0.465 e. The molecule has 2 amide bonds. The number of rotatable bonds is 2. The van der Waals surface area contributed by atoms with Crippen LogP contribution in [0.15, 0.2) is 48.6 Å². The molecular weight excluding hydrogens is 564 g/mol. The van der Waals surface area contributed by atoms with Gasteiger partial charge >= 0.3 is 24.1 Å². The second-order valence-electron chi connectivity index (χ2n) is 13.3. The van der Waals surface area contributed by atoms with Gasteiger partial charge in [0.1, 0.15) is 11.2 Å². The second-order valence-corrected chi connectivity index (χ2v) is 13.3. The Labute approximate surface area is 257 Å². The van der Waals surface area contributed by atoms with Crippen LogP contribution in [0.2, 0.25) is 0 Å². The van der Waals surface area contributed by atoms with E-state index in [4.69, 9.17) is 18.9 Å². The zero-order chi connectivity index (χ0) is 32.1. The summed E-state index contributed by atoms with van der Waals surface area (Å²) in [4.78, 5) is 51.8. The molecular formula is C34H40N2O8. The molecule has 4 aliphatic rings. The molecule has 0 radical (unpaired) electrons. The largest absolute Gasteiger partial charge is 0.465 e. The Morgan fingerprint density at radius 2 is 1.05 bits per heavy atom. The van der Waals surface area contributed by atoms with Crippen LogP contribution >= 0.6 is 0 Å². The monoisotopic (exact) mass is 604 g/mol. The highest BCUT2D eigenvalue weighted by Gasteiger charge is 2.48. The summed E-state index contributed by atoms with van der Waals surface area (Å²) >= 11 is 0. The van der Waals surface area contributed by atoms with Crippen molar-refractivity contribution in [3.63, 3.8) is 0 Å². The molecule has 10 heteroatoms. The predicted molar refractivity (Wildman–Crippen MR) is 161 cm³/mol. The summed E-state index contributed by atoms with van der Waals surface area (Å²) in [5, 5.41) is 0. The number of ether oxygens (including phenoxy) is 4. The zero-order valence-electron chi connectivity index (χ0n) is 26.5. The van der Waals surface area contributed by atoms with Crippen LogP contribution in [0.3, 0.4) is 0 Å². The van der Waals surface area contributed by atoms with Gasteiger partial charge in [-0.3, -0.25) is 9.80 Å². The Morgan fingerprint density at radius 1 is 0.614 bits per heavy atom. The zero-order valence-corrected chi connectivity index (χ0v) is 26.5. The van der Waals surface area contributed by atoms with Crippen LogP contribution in [0, 0.1) is 0 Å². The molecule has 10 nitrogen and oxygen atoms in total. The molecule has 4 heterocycles. The van der Waals surface area contributed by atoms with Crippen molar-refractivity contribution in [2.75, 3.05) is 14.2 Å². The average molecular weight is 605 g/mol. The van der Waals surface area contributed by atoms with Crippen molar-refractivity contribution >= 4 is 24.1 Å². The van der Waals surface area contributed by atoms with Crippen molar-refractivity contribution in [1.82, 2.24) is 9.80 Å². The topological polar surface area (TPSA) is 112 Å². The molecule has 0 aromatic heterocycles. The van der Waals surface area contributed by atoms with Gasteiger partial charge in [0.25, 0.3) is 0 Å². The number of hydrogen-bond donors (Lipinski definition) is 0. The number of fused-ring (bicyclic) bond motifs is 10. The molecule has 1 fully saturated rings. The fourth-order valence-corrected chi connectivity index (χ4v) is 6.37. The number of methoxy groups -OCH3 is 2. The maximum atomic E-state index is 12.5. The minimum absolute atomic E-state index is 0.000504. The van der Waals surface area contributed by atoms with Crippen molar-refractivity contribution in [2.45, 2.75) is 89.8 Å². The summed E-state index contributed by atoms with van der Waals surface area (Å²) in [7, 11) is 2.73. The fourth-order valence-electron chi connectivity index (χ4n) is 6.37. The van der Waals surface area contributed by atoms with E-state index in [2.05, 4.69) is 0 Å². The minimum atomic E-state index is -0.539. The number of amides is 2. The van der Waals surface area contributed by atoms with Gasteiger partial charge in [-0.2, -0.15) is 0 Å². The van der Waals surface area contributed by atoms with E-state index in [1.54, 1.807) is 23.1 Å². The molecule has 1 saturated heterocycles. The van der Waals surface area contributed by atoms with Gasteiger partial charge in [0.2, 0.25) is 0 Å². The van der Waals surface area contributed by atoms with Crippen LogP contribution in [0.25, 0.3) is 0 Å². The molecule has 6 rings (SSSR count). The normalized spacial score (nSPS) is 22.1. The molecule has 2 aromatic rings. The van der Waals surface area contributed by atoms with Crippen LogP contribution in [0.1, 0.15) is 122 Å². The lowest BCUT2D eigenvalue weighted by Gasteiger charge is -2.27. The Balaban J connectivity index is 0.000000175. The highest BCUT2D eigenvalue weighted by atomic mass is 16.6. The van der Waals surface area contributed by atoms with E-state index in [0.717, 1.165) is 35.1 Å². The maximum Gasteiger partial charge on any atom is 0.411 e. The number of hydrogen-bond acceptors (Lipinski definition) is 8. The second kappa shape index (κ2) is 11.3. The molecule has 0 N–H and O–H groups in total. The van der Waals surface area contributed by atoms with E-state index in [9.17, 15) is 19.2 Å². The van der Waals surface area contributed by atoms with Crippen LogP contribution in [-0.2, 0) is 18.9 Å². The summed E-state index contributed by atoms with van der Waals surface area (Å²) in [6.07, 6.45) is 5.18. The Hall–Kier alpha value is -4.34. The van der Waals surface area contributed by atoms with Gasteiger partial charge in [-0.25, -0.2) is 19.2 Å². The molecule has 0 saturated carbocycles. The quantitative estimate of drug-likeness (QED) is 0.205. The summed E-state index contributed by atoms with van der Waals surface area (Å²) < 4.78 is 20.5. The summed E-state index contributed by atoms with van der Waals surface area (Å²) in [5.74, 6) is -0.729. The fraction of sp³-hybridized carbons (Fsp3) is 0.471. The number of benzene rings is 2. The van der Waals surface area contributed by atoms with Gasteiger partial charge in [-0.1, -0.05) is 24.3 Å². The lowest BCUT2D eigenvalue weighted by atomic mass is 9.90. The van der Waals surface area contributed by atoms with Crippen LogP contribution < -0.4 is 0 Å². The van der Waals surface area contributed by atoms with Gasteiger partial charge in [-0.15, -0.1) is 0 Å². The van der Waals surface area contributed by atoms with Crippen LogP contribution in [-0.4, -0.2) is 59.3 Å². The third-order valence-electron chi connectivity index (χ3n) is 8.04. The van der Waals surface area contributed by atoms with E-state index >= 15 is 0 Å². The molecule has 4 unspecified atom stereocenters. The van der Waals surface area contributed by atoms with Gasteiger partial charge in [0, 0.05) is 0 Å². The number of esters is 2. The molecule has 44 heavy (non-hydrogen) atoms. The summed E-state index contributed by atoms with van der Waals surface area (Å²) in [6, 6.07) is 10.7. The first-order valence-electron chi connectivity index (χ1n) is 14.8. The van der Waals surface area contributed by atoms with Gasteiger partial charge < -0.3 is 18.9 Å². The highest BCUT2D eigenvalue weighted by Crippen LogP contribution is 2.54. The molecule has 2 aromatic carbocycles. The Morgan fingerprint density at radius 3 is 1.55 bits per heavy atom. The smallest absolute Gasteiger partial charge is 0.411 e. The molecule has 4 atom stereocenters. The maximum absolute atomic E-state index is 12.5. The first-order valence-corrected chi connectivity index (χ1v) is 14.8. The Bertz CT molecular complexity index is 1510. The number of nitrogens with zero attached hydrogens (tertiary/aromatic N) is 2. The molecule has 4 bridgehead atoms. The van der Waals surface area contributed by atoms with Gasteiger partial charge in [0.15, 0.2) is 0 Å². The van der Waals surface area contributed by atoms with Crippen molar-refractivity contribution in [3.05, 3.63) is 81.9 Å². The Kier molecular flexibility index (Phi) is 7.99. The van der Waals surface area contributed by atoms with Crippen molar-refractivity contribution in [1.29, 1.82) is 0 Å². The molecule has 234 valence electrons. The van der Waals surface area contributed by atoms with E-state index in [-0.39, 0.29) is 48.3 Å². The lowest BCUT2D eigenvalue weighted by Crippen LogP contribution is -2.35. The summed E-state index contributed by atoms with van der Waals surface area (Å²) in [6.45, 7) is 11.1. The van der Waals surface area contributed by atoms with Crippen molar-refractivity contribution < 1.29 is 38.1 Å². The third kappa shape index (κ3) is 5.77. The van der Waals surface area contributed by atoms with Crippen molar-refractivity contribution in [2.24, 2.45) is 0 Å². The van der Waals surface area contributed by atoms with Crippen molar-refractivity contribution in [3.8, 4) is 0 Å². The number of carbonyl (C=O) groups excluding carboxylic acids is 4. The lowest BCUT2D eigenvalue weighted by molar-refractivity contribution is 0.0172. The first kappa shape index (κ1) is 31.1. The van der Waals surface area contributed by atoms with Crippen LogP contribution in [0.4, 0.5) is 9.59 Å². The third-order valence-corrected chi connectivity index (χ3v) is 8.04. The van der Waals surface area contributed by atoms with Crippen LogP contribution in [0.5, 0.6) is 0 Å². The predicted octanol–water partition coefficient (Wildman–Crippen LogP) is 6.98. The summed E-state index contributed by atoms with van der Waals surface area (Å²) in [5.41, 5.74) is 4.13. The molecule has 4 aliphatic heterocycles. The highest BCUT2D eigenvalue weighted by molar-refractivity contribution is 5.90. The standard InChI is InChI=1S/C17H21NO4.C17H19NO4/c2*1-17(2,3)22-16(20)18-13-7-8-14(18)12-9-10(15(19)21-4)5-6-11(12)13/h5-6,9,13-14H,7-8H2,1-4H3;5-9,13-14H,1-4H3. The number of carbonyl (C=O) groups is 4. The molecule has 0 spiro atoms. The average Bonchev–Trinajstić information content (AvgIpc) is 3.72. The molecule has 0 aliphatic carbocycles. The van der Waals surface area contributed by atoms with Gasteiger partial charge in [-0.05, 0) is 101 Å². The van der Waals surface area contributed by atoms with Gasteiger partial charge in [0.05, 0.1) is 49.5 Å². The van der Waals surface area contributed by atoms with E-state index in [0.29, 0.717) is 11.1 Å².